The molecule has 0 unspecified atom stereocenters. The van der Waals surface area contributed by atoms with E-state index in [0.717, 1.165) is 24.0 Å². The van der Waals surface area contributed by atoms with E-state index in [1.807, 2.05) is 42.5 Å². The third-order valence-electron chi connectivity index (χ3n) is 8.00. The minimum absolute atomic E-state index is 0.0169. The van der Waals surface area contributed by atoms with E-state index in [-0.39, 0.29) is 16.6 Å². The summed E-state index contributed by atoms with van der Waals surface area (Å²) >= 11 is 0. The van der Waals surface area contributed by atoms with Gasteiger partial charge < -0.3 is 4.43 Å². The fourth-order valence-corrected chi connectivity index (χ4v) is 8.37. The van der Waals surface area contributed by atoms with Crippen molar-refractivity contribution in [2.45, 2.75) is 113 Å². The molecule has 3 nitrogen and oxygen atoms in total. The van der Waals surface area contributed by atoms with Crippen molar-refractivity contribution in [1.29, 1.82) is 0 Å². The van der Waals surface area contributed by atoms with Gasteiger partial charge in [0.05, 0.1) is 9.64 Å². The van der Waals surface area contributed by atoms with Crippen molar-refractivity contribution in [3.05, 3.63) is 65.7 Å². The minimum Gasteiger partial charge on any atom is -0.414 e. The van der Waals surface area contributed by atoms with Crippen LogP contribution < -0.4 is 0 Å². The molecule has 1 saturated carbocycles. The van der Waals surface area contributed by atoms with Crippen LogP contribution in [-0.4, -0.2) is 27.6 Å². The molecule has 0 amide bonds. The highest BCUT2D eigenvalue weighted by molar-refractivity contribution is 7.92. The van der Waals surface area contributed by atoms with E-state index in [2.05, 4.69) is 66.8 Å². The van der Waals surface area contributed by atoms with Gasteiger partial charge in [0.25, 0.3) is 0 Å². The summed E-state index contributed by atoms with van der Waals surface area (Å²) in [7, 11) is -5.58. The maximum Gasteiger partial charge on any atom is 0.192 e. The predicted molar refractivity (Wildman–Crippen MR) is 146 cm³/mol. The average molecular weight is 501 g/mol. The number of benzene rings is 2. The lowest BCUT2D eigenvalue weighted by molar-refractivity contribution is 0.116. The first kappa shape index (κ1) is 27.2. The Morgan fingerprint density at radius 3 is 2.06 bits per heavy atom. The van der Waals surface area contributed by atoms with Gasteiger partial charge in [0.15, 0.2) is 18.2 Å². The molecule has 0 aliphatic heterocycles. The molecule has 0 saturated heterocycles. The van der Waals surface area contributed by atoms with Gasteiger partial charge in [-0.05, 0) is 78.9 Å². The lowest BCUT2D eigenvalue weighted by Crippen LogP contribution is -2.51. The van der Waals surface area contributed by atoms with Gasteiger partial charge in [-0.15, -0.1) is 0 Å². The Morgan fingerprint density at radius 1 is 0.941 bits per heavy atom. The fraction of sp³-hybridized carbons (Fsp3) is 0.586. The van der Waals surface area contributed by atoms with E-state index in [4.69, 9.17) is 4.43 Å². The first-order valence-electron chi connectivity index (χ1n) is 12.6. The van der Waals surface area contributed by atoms with E-state index >= 15 is 0 Å². The molecule has 34 heavy (non-hydrogen) atoms. The quantitative estimate of drug-likeness (QED) is 0.382. The van der Waals surface area contributed by atoms with E-state index < -0.39 is 22.9 Å². The van der Waals surface area contributed by atoms with Crippen molar-refractivity contribution < 1.29 is 12.8 Å². The second-order valence-corrected chi connectivity index (χ2v) is 19.8. The molecule has 0 N–H and O–H groups in total. The van der Waals surface area contributed by atoms with Gasteiger partial charge in [-0.3, -0.25) is 0 Å². The molecule has 0 radical (unpaired) electrons. The molecule has 3 rings (SSSR count). The van der Waals surface area contributed by atoms with Crippen molar-refractivity contribution in [1.82, 2.24) is 0 Å². The highest BCUT2D eigenvalue weighted by Gasteiger charge is 2.50. The van der Waals surface area contributed by atoms with Crippen LogP contribution in [0.15, 0.2) is 59.5 Å². The molecule has 188 valence electrons. The monoisotopic (exact) mass is 500 g/mol. The zero-order valence-electron chi connectivity index (χ0n) is 22.4. The standard InChI is InChI=1S/C29H44O3SSi/c1-27(2,3)24-16-18-26(19-17-24)33(30,31)29(21-23-13-10-9-11-14-23)20-12-15-25(22-29)32-34(7,8)28(4,5)6/h9-11,13-14,16-19,25H,12,15,20-22H2,1-8H3/t25-,29+/m0/s1. The second kappa shape index (κ2) is 9.55. The van der Waals surface area contributed by atoms with Gasteiger partial charge in [0.1, 0.15) is 0 Å². The lowest BCUT2D eigenvalue weighted by atomic mass is 9.82. The number of hydrogen-bond acceptors (Lipinski definition) is 3. The summed E-state index contributed by atoms with van der Waals surface area (Å²) in [5.74, 6) is 0. The minimum atomic E-state index is -3.57. The highest BCUT2D eigenvalue weighted by atomic mass is 32.2. The predicted octanol–water partition coefficient (Wildman–Crippen LogP) is 7.70. The van der Waals surface area contributed by atoms with Gasteiger partial charge in [-0.2, -0.15) is 0 Å². The Hall–Kier alpha value is -1.43. The molecule has 2 aromatic rings. The van der Waals surface area contributed by atoms with Crippen LogP contribution in [0, 0.1) is 0 Å². The Labute approximate surface area is 209 Å². The van der Waals surface area contributed by atoms with E-state index in [0.29, 0.717) is 24.2 Å². The molecular formula is C29H44O3SSi. The zero-order valence-corrected chi connectivity index (χ0v) is 24.3. The van der Waals surface area contributed by atoms with E-state index in [9.17, 15) is 8.42 Å². The molecule has 1 aliphatic carbocycles. The topological polar surface area (TPSA) is 43.4 Å². The first-order chi connectivity index (χ1) is 15.6. The molecular weight excluding hydrogens is 456 g/mol. The highest BCUT2D eigenvalue weighted by Crippen LogP contribution is 2.45. The summed E-state index contributed by atoms with van der Waals surface area (Å²) in [5.41, 5.74) is 2.20. The average Bonchev–Trinajstić information content (AvgIpc) is 2.73. The van der Waals surface area contributed by atoms with E-state index in [1.165, 1.54) is 0 Å². The Morgan fingerprint density at radius 2 is 1.53 bits per heavy atom. The molecule has 2 aromatic carbocycles. The third-order valence-corrected chi connectivity index (χ3v) is 15.1. The summed E-state index contributed by atoms with van der Waals surface area (Å²) in [6.07, 6.45) is 3.52. The van der Waals surface area contributed by atoms with Gasteiger partial charge in [0.2, 0.25) is 0 Å². The molecule has 0 heterocycles. The molecule has 5 heteroatoms. The molecule has 0 spiro atoms. The van der Waals surface area contributed by atoms with Gasteiger partial charge in [-0.1, -0.05) is 84.0 Å². The summed E-state index contributed by atoms with van der Waals surface area (Å²) in [6, 6.07) is 17.7. The van der Waals surface area contributed by atoms with Crippen molar-refractivity contribution >= 4 is 18.2 Å². The second-order valence-electron chi connectivity index (χ2n) is 12.7. The summed E-state index contributed by atoms with van der Waals surface area (Å²) in [4.78, 5) is 0.435. The first-order valence-corrected chi connectivity index (χ1v) is 17.0. The largest absolute Gasteiger partial charge is 0.414 e. The van der Waals surface area contributed by atoms with Crippen molar-refractivity contribution in [3.63, 3.8) is 0 Å². The molecule has 0 bridgehead atoms. The number of sulfone groups is 1. The third kappa shape index (κ3) is 5.68. The lowest BCUT2D eigenvalue weighted by Gasteiger charge is -2.45. The van der Waals surface area contributed by atoms with Crippen LogP contribution in [-0.2, 0) is 26.1 Å². The van der Waals surface area contributed by atoms with Crippen LogP contribution in [0.3, 0.4) is 0 Å². The Kier molecular flexibility index (Phi) is 7.63. The van der Waals surface area contributed by atoms with Crippen LogP contribution in [0.2, 0.25) is 18.1 Å². The molecule has 2 atom stereocenters. The maximum atomic E-state index is 14.3. The molecule has 0 aromatic heterocycles. The van der Waals surface area contributed by atoms with Crippen molar-refractivity contribution in [2.24, 2.45) is 0 Å². The number of hydrogen-bond donors (Lipinski definition) is 0. The Balaban J connectivity index is 2.02. The van der Waals surface area contributed by atoms with Crippen LogP contribution in [0.4, 0.5) is 0 Å². The Bertz CT molecular complexity index is 1060. The van der Waals surface area contributed by atoms with E-state index in [1.54, 1.807) is 0 Å². The van der Waals surface area contributed by atoms with Gasteiger partial charge in [-0.25, -0.2) is 8.42 Å². The van der Waals surface area contributed by atoms with Gasteiger partial charge >= 0.3 is 0 Å². The maximum absolute atomic E-state index is 14.3. The van der Waals surface area contributed by atoms with Crippen LogP contribution in [0.5, 0.6) is 0 Å². The van der Waals surface area contributed by atoms with Crippen LogP contribution >= 0.6 is 0 Å². The zero-order chi connectivity index (χ0) is 25.4. The van der Waals surface area contributed by atoms with Crippen molar-refractivity contribution in [3.8, 4) is 0 Å². The molecule has 1 aliphatic rings. The van der Waals surface area contributed by atoms with Crippen LogP contribution in [0.1, 0.15) is 78.4 Å². The normalized spacial score (nSPS) is 22.5. The SMILES string of the molecule is CC(C)(C)c1ccc(S(=O)(=O)[C@@]2(Cc3ccccc3)CCC[C@H](O[Si](C)(C)C(C)(C)C)C2)cc1. The summed E-state index contributed by atoms with van der Waals surface area (Å²) in [5, 5.41) is 0.0915. The smallest absolute Gasteiger partial charge is 0.192 e. The summed E-state index contributed by atoms with van der Waals surface area (Å²) < 4.78 is 34.6. The number of rotatable bonds is 6. The van der Waals surface area contributed by atoms with Crippen molar-refractivity contribution in [2.75, 3.05) is 0 Å². The fourth-order valence-electron chi connectivity index (χ4n) is 4.82. The van der Waals surface area contributed by atoms with Gasteiger partial charge in [0, 0.05) is 6.10 Å². The van der Waals surface area contributed by atoms with Crippen LogP contribution in [0.25, 0.3) is 0 Å². The molecule has 1 fully saturated rings. The summed E-state index contributed by atoms with van der Waals surface area (Å²) in [6.45, 7) is 17.7.